The number of carbonyl (C=O) groups excluding carboxylic acids is 1. The standard InChI is InChI=1S/C13H19BrN2O3/c1-2-3-16-8-10(14)6-12(16)13(17)15-7-11-9-18-4-5-19-11/h6,8,11H,2-5,7,9H2,1H3,(H,15,17). The van der Waals surface area contributed by atoms with Crippen molar-refractivity contribution in [2.45, 2.75) is 26.0 Å². The highest BCUT2D eigenvalue weighted by Gasteiger charge is 2.17. The van der Waals surface area contributed by atoms with E-state index in [1.165, 1.54) is 0 Å². The van der Waals surface area contributed by atoms with E-state index in [0.717, 1.165) is 17.4 Å². The van der Waals surface area contributed by atoms with Gasteiger partial charge in [0.1, 0.15) is 5.69 Å². The molecule has 1 amide bonds. The van der Waals surface area contributed by atoms with Gasteiger partial charge in [-0.2, -0.15) is 0 Å². The maximum absolute atomic E-state index is 12.1. The summed E-state index contributed by atoms with van der Waals surface area (Å²) in [6.45, 7) is 5.17. The predicted octanol–water partition coefficient (Wildman–Crippen LogP) is 1.81. The normalized spacial score (nSPS) is 19.4. The van der Waals surface area contributed by atoms with Crippen LogP contribution in [0.4, 0.5) is 0 Å². The van der Waals surface area contributed by atoms with Crippen molar-refractivity contribution >= 4 is 21.8 Å². The molecular weight excluding hydrogens is 312 g/mol. The Morgan fingerprint density at radius 2 is 2.42 bits per heavy atom. The number of ether oxygens (including phenoxy) is 2. The lowest BCUT2D eigenvalue weighted by molar-refractivity contribution is -0.0855. The quantitative estimate of drug-likeness (QED) is 0.895. The van der Waals surface area contributed by atoms with Crippen LogP contribution in [0.15, 0.2) is 16.7 Å². The maximum atomic E-state index is 12.1. The monoisotopic (exact) mass is 330 g/mol. The molecule has 1 aromatic rings. The Balaban J connectivity index is 1.91. The molecular formula is C13H19BrN2O3. The molecule has 2 heterocycles. The van der Waals surface area contributed by atoms with E-state index in [0.29, 0.717) is 32.1 Å². The summed E-state index contributed by atoms with van der Waals surface area (Å²) in [6.07, 6.45) is 2.87. The molecule has 19 heavy (non-hydrogen) atoms. The van der Waals surface area contributed by atoms with Crippen LogP contribution in [0.1, 0.15) is 23.8 Å². The molecule has 1 aliphatic heterocycles. The van der Waals surface area contributed by atoms with Gasteiger partial charge in [0.05, 0.1) is 25.9 Å². The molecule has 0 saturated carbocycles. The third-order valence-electron chi connectivity index (χ3n) is 2.94. The Morgan fingerprint density at radius 3 is 3.11 bits per heavy atom. The van der Waals surface area contributed by atoms with Gasteiger partial charge in [0.25, 0.3) is 5.91 Å². The molecule has 0 aliphatic carbocycles. The van der Waals surface area contributed by atoms with Gasteiger partial charge in [0.15, 0.2) is 0 Å². The molecule has 6 heteroatoms. The zero-order chi connectivity index (χ0) is 13.7. The number of halogens is 1. The number of hydrogen-bond donors (Lipinski definition) is 1. The highest BCUT2D eigenvalue weighted by molar-refractivity contribution is 9.10. The van der Waals surface area contributed by atoms with Crippen molar-refractivity contribution in [3.05, 3.63) is 22.4 Å². The lowest BCUT2D eigenvalue weighted by atomic mass is 10.3. The van der Waals surface area contributed by atoms with Crippen LogP contribution >= 0.6 is 15.9 Å². The average molecular weight is 331 g/mol. The second-order valence-electron chi connectivity index (χ2n) is 4.51. The summed E-state index contributed by atoms with van der Waals surface area (Å²) in [5.74, 6) is -0.0756. The minimum absolute atomic E-state index is 0.0456. The predicted molar refractivity (Wildman–Crippen MR) is 75.3 cm³/mol. The molecule has 1 N–H and O–H groups in total. The third kappa shape index (κ3) is 4.06. The fraction of sp³-hybridized carbons (Fsp3) is 0.615. The molecule has 0 aromatic carbocycles. The van der Waals surface area contributed by atoms with Crippen LogP contribution in [0.3, 0.4) is 0 Å². The number of aryl methyl sites for hydroxylation is 1. The van der Waals surface area contributed by atoms with E-state index in [2.05, 4.69) is 28.2 Å². The fourth-order valence-corrected chi connectivity index (χ4v) is 2.51. The highest BCUT2D eigenvalue weighted by atomic mass is 79.9. The van der Waals surface area contributed by atoms with Crippen LogP contribution in [-0.2, 0) is 16.0 Å². The van der Waals surface area contributed by atoms with E-state index in [4.69, 9.17) is 9.47 Å². The minimum Gasteiger partial charge on any atom is -0.376 e. The Kier molecular flexibility index (Phi) is 5.42. The summed E-state index contributed by atoms with van der Waals surface area (Å²) < 4.78 is 13.7. The Labute approximate surface area is 121 Å². The van der Waals surface area contributed by atoms with Gasteiger partial charge in [-0.15, -0.1) is 0 Å². The van der Waals surface area contributed by atoms with Crippen molar-refractivity contribution in [1.29, 1.82) is 0 Å². The zero-order valence-electron chi connectivity index (χ0n) is 11.0. The number of nitrogens with one attached hydrogen (secondary N) is 1. The third-order valence-corrected chi connectivity index (χ3v) is 3.37. The van der Waals surface area contributed by atoms with Crippen LogP contribution < -0.4 is 5.32 Å². The van der Waals surface area contributed by atoms with Crippen molar-refractivity contribution in [3.8, 4) is 0 Å². The maximum Gasteiger partial charge on any atom is 0.268 e. The number of nitrogens with zero attached hydrogens (tertiary/aromatic N) is 1. The first-order valence-corrected chi connectivity index (χ1v) is 7.33. The van der Waals surface area contributed by atoms with E-state index in [9.17, 15) is 4.79 Å². The number of rotatable bonds is 5. The summed E-state index contributed by atoms with van der Waals surface area (Å²) in [5, 5.41) is 2.90. The SMILES string of the molecule is CCCn1cc(Br)cc1C(=O)NCC1COCCO1. The van der Waals surface area contributed by atoms with Crippen molar-refractivity contribution in [3.63, 3.8) is 0 Å². The molecule has 1 atom stereocenters. The molecule has 0 spiro atoms. The fourth-order valence-electron chi connectivity index (χ4n) is 2.04. The molecule has 1 fully saturated rings. The molecule has 1 aliphatic rings. The molecule has 1 unspecified atom stereocenters. The number of aromatic nitrogens is 1. The highest BCUT2D eigenvalue weighted by Crippen LogP contribution is 2.15. The summed E-state index contributed by atoms with van der Waals surface area (Å²) in [5.41, 5.74) is 0.672. The molecule has 1 saturated heterocycles. The van der Waals surface area contributed by atoms with E-state index in [-0.39, 0.29) is 12.0 Å². The van der Waals surface area contributed by atoms with Crippen molar-refractivity contribution in [2.24, 2.45) is 0 Å². The molecule has 2 rings (SSSR count). The second-order valence-corrected chi connectivity index (χ2v) is 5.43. The van der Waals surface area contributed by atoms with Gasteiger partial charge in [-0.1, -0.05) is 6.92 Å². The first-order valence-electron chi connectivity index (χ1n) is 6.54. The number of carbonyl (C=O) groups is 1. The zero-order valence-corrected chi connectivity index (χ0v) is 12.6. The lowest BCUT2D eigenvalue weighted by Gasteiger charge is -2.23. The topological polar surface area (TPSA) is 52.5 Å². The number of hydrogen-bond acceptors (Lipinski definition) is 3. The Bertz CT molecular complexity index is 428. The van der Waals surface area contributed by atoms with Gasteiger partial charge in [-0.05, 0) is 28.4 Å². The minimum atomic E-state index is -0.0756. The van der Waals surface area contributed by atoms with Gasteiger partial charge >= 0.3 is 0 Å². The Hall–Kier alpha value is -0.850. The van der Waals surface area contributed by atoms with E-state index in [1.54, 1.807) is 0 Å². The lowest BCUT2D eigenvalue weighted by Crippen LogP contribution is -2.40. The van der Waals surface area contributed by atoms with Crippen molar-refractivity contribution < 1.29 is 14.3 Å². The summed E-state index contributed by atoms with van der Waals surface area (Å²) in [7, 11) is 0. The van der Waals surface area contributed by atoms with Crippen LogP contribution in [0, 0.1) is 0 Å². The molecule has 0 radical (unpaired) electrons. The van der Waals surface area contributed by atoms with Gasteiger partial charge in [-0.25, -0.2) is 0 Å². The van der Waals surface area contributed by atoms with E-state index < -0.39 is 0 Å². The van der Waals surface area contributed by atoms with Gasteiger partial charge in [0.2, 0.25) is 0 Å². The molecule has 0 bridgehead atoms. The van der Waals surface area contributed by atoms with Crippen molar-refractivity contribution in [1.82, 2.24) is 9.88 Å². The van der Waals surface area contributed by atoms with E-state index >= 15 is 0 Å². The number of amides is 1. The average Bonchev–Trinajstić information content (AvgIpc) is 2.79. The first-order chi connectivity index (χ1) is 9.20. The Morgan fingerprint density at radius 1 is 1.58 bits per heavy atom. The summed E-state index contributed by atoms with van der Waals surface area (Å²) in [6, 6.07) is 1.84. The van der Waals surface area contributed by atoms with Gasteiger partial charge < -0.3 is 19.4 Å². The first kappa shape index (κ1) is 14.6. The van der Waals surface area contributed by atoms with Crippen LogP contribution in [0.2, 0.25) is 0 Å². The van der Waals surface area contributed by atoms with E-state index in [1.807, 2.05) is 16.8 Å². The van der Waals surface area contributed by atoms with Gasteiger partial charge in [0, 0.05) is 23.8 Å². The summed E-state index contributed by atoms with van der Waals surface area (Å²) in [4.78, 5) is 12.1. The smallest absolute Gasteiger partial charge is 0.268 e. The van der Waals surface area contributed by atoms with Crippen molar-refractivity contribution in [2.75, 3.05) is 26.4 Å². The summed E-state index contributed by atoms with van der Waals surface area (Å²) >= 11 is 3.40. The molecule has 106 valence electrons. The molecule has 5 nitrogen and oxygen atoms in total. The van der Waals surface area contributed by atoms with Crippen LogP contribution in [0.5, 0.6) is 0 Å². The largest absolute Gasteiger partial charge is 0.376 e. The van der Waals surface area contributed by atoms with Gasteiger partial charge in [-0.3, -0.25) is 4.79 Å². The van der Waals surface area contributed by atoms with Crippen LogP contribution in [0.25, 0.3) is 0 Å². The molecule has 1 aromatic heterocycles. The second kappa shape index (κ2) is 7.07. The van der Waals surface area contributed by atoms with Crippen LogP contribution in [-0.4, -0.2) is 42.9 Å².